The van der Waals surface area contributed by atoms with Crippen molar-refractivity contribution in [3.8, 4) is 67.5 Å². The highest BCUT2D eigenvalue weighted by atomic mass is 16.3. The number of fused-ring (bicyclic) bond motifs is 12. The first kappa shape index (κ1) is 49.4. The van der Waals surface area contributed by atoms with Crippen molar-refractivity contribution in [1.82, 2.24) is 20.3 Å². The van der Waals surface area contributed by atoms with Gasteiger partial charge in [0.25, 0.3) is 0 Å². The number of hydrogen-bond acceptors (Lipinski definition) is 10. The van der Waals surface area contributed by atoms with Gasteiger partial charge in [0.2, 0.25) is 0 Å². The highest BCUT2D eigenvalue weighted by Crippen LogP contribution is 2.47. The molecule has 6 heterocycles. The summed E-state index contributed by atoms with van der Waals surface area (Å²) in [4.78, 5) is 25.9. The van der Waals surface area contributed by atoms with Crippen molar-refractivity contribution in [3.05, 3.63) is 284 Å². The summed E-state index contributed by atoms with van der Waals surface area (Å²) in [5.74, 6) is 3.09. The number of furan rings is 4. The molecule has 12 aromatic carbocycles. The van der Waals surface area contributed by atoms with Gasteiger partial charge in [0.15, 0.2) is 23.3 Å². The molecule has 1 N–H and O–H groups in total. The Morgan fingerprint density at radius 2 is 0.761 bits per heavy atom. The molecule has 0 saturated heterocycles. The Labute approximate surface area is 502 Å². The van der Waals surface area contributed by atoms with Crippen LogP contribution in [0.4, 0.5) is 0 Å². The van der Waals surface area contributed by atoms with Crippen LogP contribution in [-0.4, -0.2) is 26.6 Å². The zero-order valence-electron chi connectivity index (χ0n) is 46.8. The fraction of sp³-hybridized carbons (Fsp3) is 0.0128. The summed E-state index contributed by atoms with van der Waals surface area (Å²) in [6.07, 6.45) is -0.354. The molecule has 0 saturated carbocycles. The first-order valence-corrected chi connectivity index (χ1v) is 29.3. The van der Waals surface area contributed by atoms with Crippen molar-refractivity contribution in [3.63, 3.8) is 0 Å². The number of benzene rings is 12. The van der Waals surface area contributed by atoms with Crippen LogP contribution in [0.15, 0.2) is 295 Å². The summed E-state index contributed by atoms with van der Waals surface area (Å²) < 4.78 is 26.8. The number of aromatic nitrogens is 3. The van der Waals surface area contributed by atoms with Crippen LogP contribution < -0.4 is 5.32 Å². The van der Waals surface area contributed by atoms with Gasteiger partial charge in [-0.2, -0.15) is 0 Å². The molecule has 0 fully saturated rings. The lowest BCUT2D eigenvalue weighted by Crippen LogP contribution is -2.33. The maximum absolute atomic E-state index is 6.81. The van der Waals surface area contributed by atoms with Crippen LogP contribution in [0, 0.1) is 0 Å². The standard InChI is InChI=1S/C78H46N6O4/c1-5-18-45(19-6-1)73-79-74(46-20-7-2-8-21-46)82-77(81-73)58-29-17-33-64-71(58)69-55(28-16-32-63(69)87-64)54-27-15-31-62-68(54)57-38-35-50(44-67(57)88-62)49-34-37-53-59-42-51(36-40-61(59)86-66(53)43-49)52-39-41-65-70(56-26-13-14-30-60(56)85-65)72(52)78-83-75(47-22-9-3-10-23-47)80-76(84-78)48-24-11-4-12-25-48/h1-44,73H,(H,79,81,82). The molecule has 18 rings (SSSR count). The van der Waals surface area contributed by atoms with Crippen LogP contribution in [0.3, 0.4) is 0 Å². The molecule has 0 aliphatic carbocycles. The number of nitrogens with one attached hydrogen (secondary N) is 1. The van der Waals surface area contributed by atoms with Crippen LogP contribution in [0.5, 0.6) is 0 Å². The monoisotopic (exact) mass is 1130 g/mol. The lowest BCUT2D eigenvalue weighted by atomic mass is 9.93. The molecule has 5 aromatic heterocycles. The molecule has 412 valence electrons. The molecule has 1 aliphatic rings. The number of amidine groups is 2. The van der Waals surface area contributed by atoms with E-state index in [4.69, 9.17) is 42.6 Å². The minimum absolute atomic E-state index is 0.354. The average molecular weight is 1130 g/mol. The second-order valence-corrected chi connectivity index (χ2v) is 22.2. The molecule has 1 unspecified atom stereocenters. The minimum atomic E-state index is -0.354. The third-order valence-corrected chi connectivity index (χ3v) is 17.0. The van der Waals surface area contributed by atoms with E-state index in [9.17, 15) is 0 Å². The molecular formula is C78H46N6O4. The van der Waals surface area contributed by atoms with Crippen LogP contribution in [0.25, 0.3) is 155 Å². The van der Waals surface area contributed by atoms with Gasteiger partial charge in [0, 0.05) is 70.9 Å². The summed E-state index contributed by atoms with van der Waals surface area (Å²) in [5.41, 5.74) is 17.8. The van der Waals surface area contributed by atoms with E-state index in [2.05, 4.69) is 133 Å². The Morgan fingerprint density at radius 1 is 0.284 bits per heavy atom. The molecule has 1 aliphatic heterocycles. The lowest BCUT2D eigenvalue weighted by molar-refractivity contribution is 0.667. The second kappa shape index (κ2) is 19.8. The van der Waals surface area contributed by atoms with Gasteiger partial charge >= 0.3 is 0 Å². The zero-order chi connectivity index (χ0) is 57.8. The Hall–Kier alpha value is -12.0. The molecule has 17 aromatic rings. The first-order chi connectivity index (χ1) is 43.6. The molecule has 0 radical (unpaired) electrons. The van der Waals surface area contributed by atoms with E-state index in [1.807, 2.05) is 140 Å². The summed E-state index contributed by atoms with van der Waals surface area (Å²) in [5, 5.41) is 11.6. The van der Waals surface area contributed by atoms with E-state index < -0.39 is 0 Å². The smallest absolute Gasteiger partial charge is 0.165 e. The van der Waals surface area contributed by atoms with Crippen molar-refractivity contribution >= 4 is 99.4 Å². The van der Waals surface area contributed by atoms with Crippen molar-refractivity contribution in [1.29, 1.82) is 0 Å². The summed E-state index contributed by atoms with van der Waals surface area (Å²) in [6, 6.07) is 91.0. The highest BCUT2D eigenvalue weighted by molar-refractivity contribution is 6.26. The van der Waals surface area contributed by atoms with E-state index in [1.165, 1.54) is 0 Å². The van der Waals surface area contributed by atoms with E-state index >= 15 is 0 Å². The summed E-state index contributed by atoms with van der Waals surface area (Å²) in [7, 11) is 0. The van der Waals surface area contributed by atoms with Gasteiger partial charge in [-0.05, 0) is 112 Å². The molecule has 0 amide bonds. The van der Waals surface area contributed by atoms with Crippen molar-refractivity contribution < 1.29 is 17.7 Å². The normalized spacial score (nSPS) is 13.6. The van der Waals surface area contributed by atoms with Crippen LogP contribution >= 0.6 is 0 Å². The van der Waals surface area contributed by atoms with Crippen LogP contribution in [0.2, 0.25) is 0 Å². The van der Waals surface area contributed by atoms with Gasteiger partial charge in [0.05, 0.1) is 0 Å². The molecule has 0 bridgehead atoms. The predicted molar refractivity (Wildman–Crippen MR) is 353 cm³/mol. The Morgan fingerprint density at radius 3 is 1.47 bits per heavy atom. The van der Waals surface area contributed by atoms with Crippen LogP contribution in [0.1, 0.15) is 22.9 Å². The Kier molecular flexibility index (Phi) is 11.1. The third-order valence-electron chi connectivity index (χ3n) is 17.0. The molecule has 0 spiro atoms. The van der Waals surface area contributed by atoms with E-state index in [-0.39, 0.29) is 6.17 Å². The molecule has 10 nitrogen and oxygen atoms in total. The SMILES string of the molecule is c1ccc(C2=NC(c3ccccc3)NC(c3cccc4oc5cccc(-c6cccc7oc8cc(-c9ccc%10c(c9)oc9ccc(-c%11ccc%12oc%13ccccc%13c%12c%11-c%11nc(-c%12ccccc%12)nc(-c%12ccccc%12)n%11)cc9%10)ccc8c67)c5c34)=N2)cc1. The van der Waals surface area contributed by atoms with Gasteiger partial charge in [-0.15, -0.1) is 0 Å². The number of nitrogens with zero attached hydrogens (tertiary/aromatic N) is 5. The zero-order valence-corrected chi connectivity index (χ0v) is 46.8. The van der Waals surface area contributed by atoms with Gasteiger partial charge in [-0.3, -0.25) is 0 Å². The number of hydrogen-bond donors (Lipinski definition) is 1. The highest BCUT2D eigenvalue weighted by Gasteiger charge is 2.27. The number of rotatable bonds is 9. The Bertz CT molecular complexity index is 5670. The fourth-order valence-corrected chi connectivity index (χ4v) is 13.0. The second-order valence-electron chi connectivity index (χ2n) is 22.2. The predicted octanol–water partition coefficient (Wildman–Crippen LogP) is 20.0. The molecule has 1 atom stereocenters. The van der Waals surface area contributed by atoms with Gasteiger partial charge < -0.3 is 23.0 Å². The molecule has 88 heavy (non-hydrogen) atoms. The fourth-order valence-electron chi connectivity index (χ4n) is 13.0. The maximum Gasteiger partial charge on any atom is 0.165 e. The van der Waals surface area contributed by atoms with Gasteiger partial charge in [-0.1, -0.05) is 194 Å². The van der Waals surface area contributed by atoms with E-state index in [1.54, 1.807) is 0 Å². The average Bonchev–Trinajstić information content (AvgIpc) is 2.49. The minimum Gasteiger partial charge on any atom is -0.456 e. The largest absolute Gasteiger partial charge is 0.456 e. The van der Waals surface area contributed by atoms with Crippen LogP contribution in [-0.2, 0) is 0 Å². The molecular weight excluding hydrogens is 1080 g/mol. The summed E-state index contributed by atoms with van der Waals surface area (Å²) in [6.45, 7) is 0. The Balaban J connectivity index is 0.732. The number of para-hydroxylation sites is 1. The van der Waals surface area contributed by atoms with Crippen molar-refractivity contribution in [2.75, 3.05) is 0 Å². The number of aliphatic imine (C=N–C) groups is 2. The first-order valence-electron chi connectivity index (χ1n) is 29.3. The summed E-state index contributed by atoms with van der Waals surface area (Å²) >= 11 is 0. The quantitative estimate of drug-likeness (QED) is 0.151. The molecule has 10 heteroatoms. The van der Waals surface area contributed by atoms with E-state index in [0.717, 1.165) is 160 Å². The van der Waals surface area contributed by atoms with E-state index in [0.29, 0.717) is 23.3 Å². The van der Waals surface area contributed by atoms with Crippen molar-refractivity contribution in [2.45, 2.75) is 6.17 Å². The van der Waals surface area contributed by atoms with Gasteiger partial charge in [0.1, 0.15) is 56.7 Å². The third kappa shape index (κ3) is 8.07. The maximum atomic E-state index is 6.81. The van der Waals surface area contributed by atoms with Crippen molar-refractivity contribution in [2.24, 2.45) is 9.98 Å². The van der Waals surface area contributed by atoms with Gasteiger partial charge in [-0.25, -0.2) is 24.9 Å². The lowest BCUT2D eigenvalue weighted by Gasteiger charge is -2.24. The topological polar surface area (TPSA) is 128 Å².